The van der Waals surface area contributed by atoms with Gasteiger partial charge in [0.15, 0.2) is 0 Å². The van der Waals surface area contributed by atoms with Crippen LogP contribution < -0.4 is 5.32 Å². The van der Waals surface area contributed by atoms with Gasteiger partial charge in [-0.1, -0.05) is 25.1 Å². The SMILES string of the molecule is CCCNCC1CCOC1c1coc2ccccc12. The molecule has 0 saturated carbocycles. The minimum Gasteiger partial charge on any atom is -0.464 e. The van der Waals surface area contributed by atoms with E-state index in [-0.39, 0.29) is 6.10 Å². The summed E-state index contributed by atoms with van der Waals surface area (Å²) in [6, 6.07) is 8.19. The second kappa shape index (κ2) is 5.76. The largest absolute Gasteiger partial charge is 0.464 e. The summed E-state index contributed by atoms with van der Waals surface area (Å²) in [7, 11) is 0. The van der Waals surface area contributed by atoms with Crippen molar-refractivity contribution in [1.82, 2.24) is 5.32 Å². The lowest BCUT2D eigenvalue weighted by molar-refractivity contribution is 0.0910. The van der Waals surface area contributed by atoms with Gasteiger partial charge in [0.1, 0.15) is 5.58 Å². The highest BCUT2D eigenvalue weighted by Crippen LogP contribution is 2.38. The average molecular weight is 259 g/mol. The maximum Gasteiger partial charge on any atom is 0.134 e. The topological polar surface area (TPSA) is 34.4 Å². The molecule has 1 aliphatic rings. The number of hydrogen-bond donors (Lipinski definition) is 1. The first-order valence-electron chi connectivity index (χ1n) is 7.18. The zero-order chi connectivity index (χ0) is 13.1. The predicted octanol–water partition coefficient (Wildman–Crippen LogP) is 3.51. The normalized spacial score (nSPS) is 23.2. The van der Waals surface area contributed by atoms with Crippen LogP contribution in [0.15, 0.2) is 34.9 Å². The molecule has 19 heavy (non-hydrogen) atoms. The Labute approximate surface area is 113 Å². The number of nitrogens with one attached hydrogen (secondary N) is 1. The number of rotatable bonds is 5. The Morgan fingerprint density at radius 1 is 1.32 bits per heavy atom. The number of fused-ring (bicyclic) bond motifs is 1. The van der Waals surface area contributed by atoms with Gasteiger partial charge in [0.25, 0.3) is 0 Å². The van der Waals surface area contributed by atoms with Crippen LogP contribution in [0.1, 0.15) is 31.4 Å². The van der Waals surface area contributed by atoms with Crippen molar-refractivity contribution in [2.45, 2.75) is 25.9 Å². The van der Waals surface area contributed by atoms with Crippen LogP contribution in [0, 0.1) is 5.92 Å². The average Bonchev–Trinajstić information content (AvgIpc) is 3.04. The van der Waals surface area contributed by atoms with Crippen LogP contribution in [0.5, 0.6) is 0 Å². The first-order chi connectivity index (χ1) is 9.40. The Morgan fingerprint density at radius 2 is 2.21 bits per heavy atom. The Balaban J connectivity index is 1.80. The van der Waals surface area contributed by atoms with E-state index in [1.807, 2.05) is 18.4 Å². The van der Waals surface area contributed by atoms with Crippen LogP contribution in [0.3, 0.4) is 0 Å². The molecule has 2 atom stereocenters. The van der Waals surface area contributed by atoms with Crippen molar-refractivity contribution in [2.75, 3.05) is 19.7 Å². The first kappa shape index (κ1) is 12.7. The van der Waals surface area contributed by atoms with Crippen LogP contribution in [0.25, 0.3) is 11.0 Å². The lowest BCUT2D eigenvalue weighted by Gasteiger charge is -2.18. The summed E-state index contributed by atoms with van der Waals surface area (Å²) in [4.78, 5) is 0. The van der Waals surface area contributed by atoms with E-state index in [4.69, 9.17) is 9.15 Å². The second-order valence-electron chi connectivity index (χ2n) is 5.23. The monoisotopic (exact) mass is 259 g/mol. The van der Waals surface area contributed by atoms with Gasteiger partial charge in [-0.05, 0) is 25.5 Å². The van der Waals surface area contributed by atoms with Gasteiger partial charge in [-0.2, -0.15) is 0 Å². The molecule has 1 N–H and O–H groups in total. The predicted molar refractivity (Wildman–Crippen MR) is 76.2 cm³/mol. The molecule has 3 heteroatoms. The van der Waals surface area contributed by atoms with E-state index in [1.165, 1.54) is 17.4 Å². The van der Waals surface area contributed by atoms with Crippen LogP contribution in [-0.4, -0.2) is 19.7 Å². The van der Waals surface area contributed by atoms with Crippen molar-refractivity contribution in [3.63, 3.8) is 0 Å². The molecule has 1 fully saturated rings. The van der Waals surface area contributed by atoms with Crippen molar-refractivity contribution in [1.29, 1.82) is 0 Å². The molecule has 1 aromatic heterocycles. The summed E-state index contributed by atoms with van der Waals surface area (Å²) in [6.45, 7) is 5.15. The Kier molecular flexibility index (Phi) is 3.85. The lowest BCUT2D eigenvalue weighted by atomic mass is 9.95. The molecular formula is C16H21NO2. The highest BCUT2D eigenvalue weighted by molar-refractivity contribution is 5.81. The van der Waals surface area contributed by atoms with E-state index in [1.54, 1.807) is 0 Å². The minimum atomic E-state index is 0.174. The van der Waals surface area contributed by atoms with E-state index < -0.39 is 0 Å². The fraction of sp³-hybridized carbons (Fsp3) is 0.500. The van der Waals surface area contributed by atoms with Crippen LogP contribution in [0.2, 0.25) is 0 Å². The molecule has 3 rings (SSSR count). The third-order valence-corrected chi connectivity index (χ3v) is 3.86. The van der Waals surface area contributed by atoms with Gasteiger partial charge in [-0.25, -0.2) is 0 Å². The van der Waals surface area contributed by atoms with Crippen LogP contribution >= 0.6 is 0 Å². The lowest BCUT2D eigenvalue weighted by Crippen LogP contribution is -2.25. The van der Waals surface area contributed by atoms with E-state index in [0.29, 0.717) is 5.92 Å². The summed E-state index contributed by atoms with van der Waals surface area (Å²) in [5, 5.41) is 4.70. The number of furan rings is 1. The zero-order valence-electron chi connectivity index (χ0n) is 11.4. The Hall–Kier alpha value is -1.32. The smallest absolute Gasteiger partial charge is 0.134 e. The van der Waals surface area contributed by atoms with E-state index >= 15 is 0 Å². The summed E-state index contributed by atoms with van der Waals surface area (Å²) < 4.78 is 11.6. The molecule has 3 nitrogen and oxygen atoms in total. The molecule has 0 radical (unpaired) electrons. The van der Waals surface area contributed by atoms with Crippen LogP contribution in [-0.2, 0) is 4.74 Å². The molecule has 2 aromatic rings. The van der Waals surface area contributed by atoms with Gasteiger partial charge >= 0.3 is 0 Å². The maximum atomic E-state index is 5.95. The molecule has 1 aliphatic heterocycles. The molecule has 0 spiro atoms. The van der Waals surface area contributed by atoms with Gasteiger partial charge in [0, 0.05) is 30.0 Å². The molecule has 2 heterocycles. The summed E-state index contributed by atoms with van der Waals surface area (Å²) in [6.07, 6.45) is 4.34. The Bertz CT molecular complexity index is 534. The van der Waals surface area contributed by atoms with E-state index in [9.17, 15) is 0 Å². The fourth-order valence-corrected chi connectivity index (χ4v) is 2.87. The molecule has 0 amide bonds. The molecule has 1 aromatic carbocycles. The summed E-state index contributed by atoms with van der Waals surface area (Å²) in [5.74, 6) is 0.549. The summed E-state index contributed by atoms with van der Waals surface area (Å²) >= 11 is 0. The molecular weight excluding hydrogens is 238 g/mol. The van der Waals surface area contributed by atoms with Crippen molar-refractivity contribution in [2.24, 2.45) is 5.92 Å². The molecule has 0 bridgehead atoms. The maximum absolute atomic E-state index is 5.95. The van der Waals surface area contributed by atoms with Gasteiger partial charge < -0.3 is 14.5 Å². The van der Waals surface area contributed by atoms with Crippen molar-refractivity contribution in [3.05, 3.63) is 36.1 Å². The second-order valence-corrected chi connectivity index (χ2v) is 5.23. The number of hydrogen-bond acceptors (Lipinski definition) is 3. The van der Waals surface area contributed by atoms with Crippen LogP contribution in [0.4, 0.5) is 0 Å². The van der Waals surface area contributed by atoms with Gasteiger partial charge in [0.05, 0.1) is 12.4 Å². The van der Waals surface area contributed by atoms with Crippen molar-refractivity contribution >= 4 is 11.0 Å². The van der Waals surface area contributed by atoms with Gasteiger partial charge in [-0.15, -0.1) is 0 Å². The van der Waals surface area contributed by atoms with E-state index in [2.05, 4.69) is 24.4 Å². The zero-order valence-corrected chi connectivity index (χ0v) is 11.4. The fourth-order valence-electron chi connectivity index (χ4n) is 2.87. The number of ether oxygens (including phenoxy) is 1. The first-order valence-corrected chi connectivity index (χ1v) is 7.18. The van der Waals surface area contributed by atoms with Gasteiger partial charge in [0.2, 0.25) is 0 Å². The standard InChI is InChI=1S/C16H21NO2/c1-2-8-17-10-12-7-9-18-16(12)14-11-19-15-6-4-3-5-13(14)15/h3-6,11-12,16-17H,2,7-10H2,1H3. The van der Waals surface area contributed by atoms with Crippen molar-refractivity contribution in [3.8, 4) is 0 Å². The molecule has 1 saturated heterocycles. The highest BCUT2D eigenvalue weighted by atomic mass is 16.5. The third-order valence-electron chi connectivity index (χ3n) is 3.86. The number of para-hydroxylation sites is 1. The Morgan fingerprint density at radius 3 is 3.11 bits per heavy atom. The highest BCUT2D eigenvalue weighted by Gasteiger charge is 2.31. The third kappa shape index (κ3) is 2.53. The number of benzene rings is 1. The summed E-state index contributed by atoms with van der Waals surface area (Å²) in [5.41, 5.74) is 2.16. The quantitative estimate of drug-likeness (QED) is 0.834. The van der Waals surface area contributed by atoms with Gasteiger partial charge in [-0.3, -0.25) is 0 Å². The molecule has 0 aliphatic carbocycles. The minimum absolute atomic E-state index is 0.174. The van der Waals surface area contributed by atoms with E-state index in [0.717, 1.165) is 31.7 Å². The van der Waals surface area contributed by atoms with Crippen molar-refractivity contribution < 1.29 is 9.15 Å². The molecule has 2 unspecified atom stereocenters. The molecule has 102 valence electrons.